The Morgan fingerprint density at radius 3 is 2.58 bits per heavy atom. The first-order valence-electron chi connectivity index (χ1n) is 6.94. The summed E-state index contributed by atoms with van der Waals surface area (Å²) in [5.41, 5.74) is 2.16. The van der Waals surface area contributed by atoms with Gasteiger partial charge in [-0.05, 0) is 32.9 Å². The molecule has 0 aromatic carbocycles. The van der Waals surface area contributed by atoms with Crippen LogP contribution in [0.3, 0.4) is 0 Å². The Morgan fingerprint density at radius 1 is 1.32 bits per heavy atom. The van der Waals surface area contributed by atoms with E-state index in [4.69, 9.17) is 0 Å². The summed E-state index contributed by atoms with van der Waals surface area (Å²) in [6.45, 7) is 9.26. The summed E-state index contributed by atoms with van der Waals surface area (Å²) in [5.74, 6) is 0.999. The number of hydrogen-bond acceptors (Lipinski definition) is 5. The van der Waals surface area contributed by atoms with Gasteiger partial charge in [-0.1, -0.05) is 25.6 Å². The molecular weight excluding hydrogens is 258 g/mol. The molecule has 1 aliphatic heterocycles. The lowest BCUT2D eigenvalue weighted by atomic mass is 10.2. The van der Waals surface area contributed by atoms with E-state index in [1.165, 1.54) is 0 Å². The molecule has 2 rings (SSSR count). The van der Waals surface area contributed by atoms with Crippen LogP contribution < -0.4 is 4.90 Å². The summed E-state index contributed by atoms with van der Waals surface area (Å²) in [6.07, 6.45) is 4.16. The van der Waals surface area contributed by atoms with E-state index >= 15 is 0 Å². The van der Waals surface area contributed by atoms with Crippen molar-refractivity contribution in [3.8, 4) is 0 Å². The molecule has 4 nitrogen and oxygen atoms in total. The molecule has 1 aromatic rings. The van der Waals surface area contributed by atoms with Crippen LogP contribution in [0, 0.1) is 13.8 Å². The van der Waals surface area contributed by atoms with Crippen LogP contribution in [0.1, 0.15) is 37.9 Å². The van der Waals surface area contributed by atoms with Crippen molar-refractivity contribution >= 4 is 17.6 Å². The number of aliphatic hydroxyl groups is 1. The zero-order valence-electron chi connectivity index (χ0n) is 12.6. The van der Waals surface area contributed by atoms with Crippen molar-refractivity contribution in [2.45, 2.75) is 51.7 Å². The molecule has 0 spiro atoms. The Labute approximate surface area is 120 Å². The van der Waals surface area contributed by atoms with Crippen LogP contribution in [-0.2, 0) is 0 Å². The van der Waals surface area contributed by atoms with Crippen molar-refractivity contribution in [3.05, 3.63) is 11.3 Å². The van der Waals surface area contributed by atoms with Gasteiger partial charge in [0, 0.05) is 17.8 Å². The first kappa shape index (κ1) is 16.2. The number of aliphatic hydroxyl groups excluding tert-OH is 1. The van der Waals surface area contributed by atoms with Gasteiger partial charge < -0.3 is 10.0 Å². The van der Waals surface area contributed by atoms with E-state index in [1.807, 2.05) is 27.0 Å². The van der Waals surface area contributed by atoms with Gasteiger partial charge in [-0.15, -0.1) is 0 Å². The maximum atomic E-state index is 9.39. The van der Waals surface area contributed by atoms with Crippen molar-refractivity contribution in [2.75, 3.05) is 24.3 Å². The van der Waals surface area contributed by atoms with Crippen LogP contribution in [0.15, 0.2) is 5.16 Å². The standard InChI is InChI=1S/C12H19N3OS.C2H6/c1-8-9(2)13-12(17-3)14-11(8)15-6-4-5-10(15)7-16;1-2/h10,16H,4-7H2,1-3H3;1-2H3. The number of aryl methyl sites for hydroxylation is 1. The smallest absolute Gasteiger partial charge is 0.189 e. The van der Waals surface area contributed by atoms with Crippen LogP contribution in [0.2, 0.25) is 0 Å². The highest BCUT2D eigenvalue weighted by Gasteiger charge is 2.27. The first-order valence-corrected chi connectivity index (χ1v) is 8.16. The molecule has 1 atom stereocenters. The summed E-state index contributed by atoms with van der Waals surface area (Å²) in [4.78, 5) is 11.3. The summed E-state index contributed by atoms with van der Waals surface area (Å²) in [6, 6.07) is 0.220. The Hall–Kier alpha value is -0.810. The number of rotatable bonds is 3. The molecule has 108 valence electrons. The van der Waals surface area contributed by atoms with E-state index < -0.39 is 0 Å². The third-order valence-corrected chi connectivity index (χ3v) is 3.93. The van der Waals surface area contributed by atoms with Gasteiger partial charge in [-0.2, -0.15) is 0 Å². The zero-order valence-corrected chi connectivity index (χ0v) is 13.4. The molecule has 0 amide bonds. The zero-order chi connectivity index (χ0) is 14.4. The minimum absolute atomic E-state index is 0.205. The molecule has 0 bridgehead atoms. The van der Waals surface area contributed by atoms with Crippen LogP contribution in [0.5, 0.6) is 0 Å². The lowest BCUT2D eigenvalue weighted by Gasteiger charge is -2.26. The van der Waals surface area contributed by atoms with Crippen LogP contribution in [0.25, 0.3) is 0 Å². The highest BCUT2D eigenvalue weighted by atomic mass is 32.2. The Bertz CT molecular complexity index is 412. The molecule has 5 heteroatoms. The van der Waals surface area contributed by atoms with Gasteiger partial charge in [0.05, 0.1) is 12.6 Å². The monoisotopic (exact) mass is 283 g/mol. The maximum absolute atomic E-state index is 9.39. The number of thioether (sulfide) groups is 1. The van der Waals surface area contributed by atoms with Gasteiger partial charge >= 0.3 is 0 Å². The normalized spacial score (nSPS) is 18.2. The lowest BCUT2D eigenvalue weighted by molar-refractivity contribution is 0.266. The molecule has 1 fully saturated rings. The highest BCUT2D eigenvalue weighted by molar-refractivity contribution is 7.98. The van der Waals surface area contributed by atoms with Crippen LogP contribution in [-0.4, -0.2) is 40.5 Å². The molecule has 1 aromatic heterocycles. The summed E-state index contributed by atoms with van der Waals surface area (Å²) in [7, 11) is 0. The van der Waals surface area contributed by atoms with Crippen LogP contribution in [0.4, 0.5) is 5.82 Å². The summed E-state index contributed by atoms with van der Waals surface area (Å²) < 4.78 is 0. The second-order valence-corrected chi connectivity index (χ2v) is 5.19. The van der Waals surface area contributed by atoms with Crippen molar-refractivity contribution in [1.82, 2.24) is 9.97 Å². The second-order valence-electron chi connectivity index (χ2n) is 4.42. The third kappa shape index (κ3) is 3.60. The second kappa shape index (κ2) is 7.70. The number of anilines is 1. The molecule has 0 aliphatic carbocycles. The molecule has 1 aliphatic rings. The predicted molar refractivity (Wildman–Crippen MR) is 82.1 cm³/mol. The topological polar surface area (TPSA) is 49.2 Å². The number of hydrogen-bond donors (Lipinski definition) is 1. The van der Waals surface area contributed by atoms with E-state index in [0.29, 0.717) is 0 Å². The average Bonchev–Trinajstić information content (AvgIpc) is 2.92. The molecule has 0 radical (unpaired) electrons. The average molecular weight is 283 g/mol. The fourth-order valence-electron chi connectivity index (χ4n) is 2.26. The van der Waals surface area contributed by atoms with Crippen LogP contribution >= 0.6 is 11.8 Å². The fourth-order valence-corrected chi connectivity index (χ4v) is 2.67. The molecule has 1 saturated heterocycles. The quantitative estimate of drug-likeness (QED) is 0.683. The lowest BCUT2D eigenvalue weighted by Crippen LogP contribution is -2.33. The van der Waals surface area contributed by atoms with Gasteiger partial charge in [-0.3, -0.25) is 0 Å². The van der Waals surface area contributed by atoms with Crippen molar-refractivity contribution in [3.63, 3.8) is 0 Å². The Kier molecular flexibility index (Phi) is 6.58. The summed E-state index contributed by atoms with van der Waals surface area (Å²) in [5, 5.41) is 10.2. The molecule has 1 unspecified atom stereocenters. The minimum atomic E-state index is 0.205. The Morgan fingerprint density at radius 2 is 2.00 bits per heavy atom. The largest absolute Gasteiger partial charge is 0.394 e. The van der Waals surface area contributed by atoms with E-state index in [1.54, 1.807) is 11.8 Å². The van der Waals surface area contributed by atoms with Crippen molar-refractivity contribution in [1.29, 1.82) is 0 Å². The Balaban J connectivity index is 0.000000861. The van der Waals surface area contributed by atoms with E-state index in [2.05, 4.69) is 21.8 Å². The maximum Gasteiger partial charge on any atom is 0.189 e. The SMILES string of the molecule is CC.CSc1nc(C)c(C)c(N2CCCC2CO)n1. The number of nitrogens with zero attached hydrogens (tertiary/aromatic N) is 3. The molecule has 19 heavy (non-hydrogen) atoms. The molecule has 2 heterocycles. The van der Waals surface area contributed by atoms with Gasteiger partial charge in [0.2, 0.25) is 0 Å². The van der Waals surface area contributed by atoms with Crippen molar-refractivity contribution in [2.24, 2.45) is 0 Å². The minimum Gasteiger partial charge on any atom is -0.394 e. The summed E-state index contributed by atoms with van der Waals surface area (Å²) >= 11 is 1.56. The highest BCUT2D eigenvalue weighted by Crippen LogP contribution is 2.29. The molecule has 1 N–H and O–H groups in total. The predicted octanol–water partition coefficient (Wildman–Crippen LogP) is 2.80. The van der Waals surface area contributed by atoms with Crippen molar-refractivity contribution < 1.29 is 5.11 Å². The molecular formula is C14H25N3OS. The van der Waals surface area contributed by atoms with Gasteiger partial charge in [0.25, 0.3) is 0 Å². The van der Waals surface area contributed by atoms with Gasteiger partial charge in [0.1, 0.15) is 5.82 Å². The van der Waals surface area contributed by atoms with E-state index in [9.17, 15) is 5.11 Å². The fraction of sp³-hybridized carbons (Fsp3) is 0.714. The van der Waals surface area contributed by atoms with Gasteiger partial charge in [0.15, 0.2) is 5.16 Å². The third-order valence-electron chi connectivity index (χ3n) is 3.39. The number of aromatic nitrogens is 2. The van der Waals surface area contributed by atoms with E-state index in [-0.39, 0.29) is 12.6 Å². The van der Waals surface area contributed by atoms with E-state index in [0.717, 1.165) is 41.6 Å². The molecule has 0 saturated carbocycles. The first-order chi connectivity index (χ1) is 9.17. The van der Waals surface area contributed by atoms with Gasteiger partial charge in [-0.25, -0.2) is 9.97 Å².